The van der Waals surface area contributed by atoms with E-state index in [0.29, 0.717) is 25.6 Å². The van der Waals surface area contributed by atoms with Crippen LogP contribution in [0.4, 0.5) is 0 Å². The Labute approximate surface area is 126 Å². The summed E-state index contributed by atoms with van der Waals surface area (Å²) in [6, 6.07) is 2.45. The van der Waals surface area contributed by atoms with Gasteiger partial charge in [0, 0.05) is 25.0 Å². The van der Waals surface area contributed by atoms with Gasteiger partial charge in [0.05, 0.1) is 12.5 Å². The molecule has 0 fully saturated rings. The quantitative estimate of drug-likeness (QED) is 0.753. The minimum absolute atomic E-state index is 0.0318. The molecular weight excluding hydrogens is 264 g/mol. The summed E-state index contributed by atoms with van der Waals surface area (Å²) in [5, 5.41) is 14.8. The molecule has 0 aromatic carbocycles. The minimum atomic E-state index is -0.0318. The summed E-state index contributed by atoms with van der Waals surface area (Å²) >= 11 is 0. The molecule has 0 saturated heterocycles. The Morgan fingerprint density at radius 3 is 3.10 bits per heavy atom. The second-order valence-corrected chi connectivity index (χ2v) is 5.57. The van der Waals surface area contributed by atoms with Crippen LogP contribution in [0.2, 0.25) is 0 Å². The zero-order chi connectivity index (χ0) is 15.1. The van der Waals surface area contributed by atoms with E-state index in [1.807, 2.05) is 10.6 Å². The molecule has 1 amide bonds. The van der Waals surface area contributed by atoms with E-state index in [1.165, 1.54) is 24.0 Å². The van der Waals surface area contributed by atoms with Crippen molar-refractivity contribution < 1.29 is 4.79 Å². The summed E-state index contributed by atoms with van der Waals surface area (Å²) in [7, 11) is 0. The van der Waals surface area contributed by atoms with Crippen LogP contribution in [0, 0.1) is 11.3 Å². The summed E-state index contributed by atoms with van der Waals surface area (Å²) in [5.74, 6) is -0.0318. The molecule has 1 aromatic rings. The number of aryl methyl sites for hydroxylation is 1. The smallest absolute Gasteiger partial charge is 0.239 e. The predicted molar refractivity (Wildman–Crippen MR) is 81.6 cm³/mol. The Morgan fingerprint density at radius 2 is 2.33 bits per heavy atom. The van der Waals surface area contributed by atoms with Crippen molar-refractivity contribution in [2.24, 2.45) is 0 Å². The SMILES string of the molecule is CCCNC1CCCc2cn(CC(=O)NCCC#N)cc21. The first-order valence-electron chi connectivity index (χ1n) is 7.80. The number of nitrogens with zero attached hydrogens (tertiary/aromatic N) is 2. The van der Waals surface area contributed by atoms with Crippen molar-refractivity contribution in [2.75, 3.05) is 13.1 Å². The molecule has 0 aliphatic heterocycles. The topological polar surface area (TPSA) is 69.8 Å². The van der Waals surface area contributed by atoms with Crippen LogP contribution in [-0.4, -0.2) is 23.6 Å². The average Bonchev–Trinajstić information content (AvgIpc) is 2.88. The highest BCUT2D eigenvalue weighted by atomic mass is 16.1. The molecule has 1 heterocycles. The molecule has 0 radical (unpaired) electrons. The second kappa shape index (κ2) is 7.84. The first kappa shape index (κ1) is 15.6. The van der Waals surface area contributed by atoms with E-state index >= 15 is 0 Å². The van der Waals surface area contributed by atoms with Crippen LogP contribution in [0.3, 0.4) is 0 Å². The number of hydrogen-bond acceptors (Lipinski definition) is 3. The van der Waals surface area contributed by atoms with Crippen molar-refractivity contribution in [2.45, 2.75) is 51.6 Å². The fraction of sp³-hybridized carbons (Fsp3) is 0.625. The number of rotatable bonds is 7. The first-order valence-corrected chi connectivity index (χ1v) is 7.80. The lowest BCUT2D eigenvalue weighted by atomic mass is 9.91. The van der Waals surface area contributed by atoms with Crippen molar-refractivity contribution in [1.29, 1.82) is 5.26 Å². The van der Waals surface area contributed by atoms with E-state index < -0.39 is 0 Å². The Balaban J connectivity index is 1.95. The number of carbonyl (C=O) groups is 1. The second-order valence-electron chi connectivity index (χ2n) is 5.57. The summed E-state index contributed by atoms with van der Waals surface area (Å²) in [5.41, 5.74) is 2.71. The molecule has 21 heavy (non-hydrogen) atoms. The third kappa shape index (κ3) is 4.33. The zero-order valence-electron chi connectivity index (χ0n) is 12.7. The highest BCUT2D eigenvalue weighted by molar-refractivity contribution is 5.75. The van der Waals surface area contributed by atoms with Crippen molar-refractivity contribution in [1.82, 2.24) is 15.2 Å². The number of hydrogen-bond donors (Lipinski definition) is 2. The van der Waals surface area contributed by atoms with Crippen molar-refractivity contribution in [3.05, 3.63) is 23.5 Å². The van der Waals surface area contributed by atoms with Gasteiger partial charge in [0.25, 0.3) is 0 Å². The van der Waals surface area contributed by atoms with Gasteiger partial charge in [0.15, 0.2) is 0 Å². The van der Waals surface area contributed by atoms with Crippen molar-refractivity contribution in [3.8, 4) is 6.07 Å². The van der Waals surface area contributed by atoms with Crippen molar-refractivity contribution in [3.63, 3.8) is 0 Å². The molecule has 5 nitrogen and oxygen atoms in total. The lowest BCUT2D eigenvalue weighted by Crippen LogP contribution is -2.28. The molecular formula is C16H24N4O. The molecule has 0 spiro atoms. The standard InChI is InChI=1S/C16H24N4O/c1-2-8-18-15-6-3-5-13-10-20(11-14(13)15)12-16(21)19-9-4-7-17/h10-11,15,18H,2-6,8-9,12H2,1H3,(H,19,21). The third-order valence-electron chi connectivity index (χ3n) is 3.84. The highest BCUT2D eigenvalue weighted by Gasteiger charge is 2.21. The number of amides is 1. The maximum atomic E-state index is 11.8. The Morgan fingerprint density at radius 1 is 1.48 bits per heavy atom. The van der Waals surface area contributed by atoms with E-state index in [4.69, 9.17) is 5.26 Å². The molecule has 1 aliphatic carbocycles. The van der Waals surface area contributed by atoms with Crippen LogP contribution in [0.1, 0.15) is 49.8 Å². The van der Waals surface area contributed by atoms with Gasteiger partial charge in [0.2, 0.25) is 5.91 Å². The fourth-order valence-corrected chi connectivity index (χ4v) is 2.85. The summed E-state index contributed by atoms with van der Waals surface area (Å²) < 4.78 is 1.97. The van der Waals surface area contributed by atoms with Gasteiger partial charge in [-0.05, 0) is 43.4 Å². The van der Waals surface area contributed by atoms with Crippen molar-refractivity contribution >= 4 is 5.91 Å². The highest BCUT2D eigenvalue weighted by Crippen LogP contribution is 2.30. The fourth-order valence-electron chi connectivity index (χ4n) is 2.85. The molecule has 2 N–H and O–H groups in total. The third-order valence-corrected chi connectivity index (χ3v) is 3.84. The molecule has 1 aromatic heterocycles. The Kier molecular flexibility index (Phi) is 5.82. The average molecular weight is 288 g/mol. The summed E-state index contributed by atoms with van der Waals surface area (Å²) in [6.07, 6.45) is 9.16. The summed E-state index contributed by atoms with van der Waals surface area (Å²) in [4.78, 5) is 11.8. The molecule has 0 saturated carbocycles. The van der Waals surface area contributed by atoms with Crippen LogP contribution >= 0.6 is 0 Å². The van der Waals surface area contributed by atoms with Gasteiger partial charge in [-0.2, -0.15) is 5.26 Å². The molecule has 114 valence electrons. The van der Waals surface area contributed by atoms with Crippen LogP contribution in [0.15, 0.2) is 12.4 Å². The van der Waals surface area contributed by atoms with Gasteiger partial charge in [-0.25, -0.2) is 0 Å². The number of aromatic nitrogens is 1. The van der Waals surface area contributed by atoms with Gasteiger partial charge in [0.1, 0.15) is 6.54 Å². The van der Waals surface area contributed by atoms with E-state index in [2.05, 4.69) is 30.0 Å². The van der Waals surface area contributed by atoms with Crippen LogP contribution in [0.5, 0.6) is 0 Å². The van der Waals surface area contributed by atoms with Gasteiger partial charge < -0.3 is 15.2 Å². The lowest BCUT2D eigenvalue weighted by Gasteiger charge is -2.23. The van der Waals surface area contributed by atoms with Gasteiger partial charge in [-0.1, -0.05) is 6.92 Å². The van der Waals surface area contributed by atoms with E-state index in [9.17, 15) is 4.79 Å². The van der Waals surface area contributed by atoms with E-state index in [-0.39, 0.29) is 5.91 Å². The molecule has 2 rings (SSSR count). The van der Waals surface area contributed by atoms with Gasteiger partial charge in [-0.3, -0.25) is 4.79 Å². The molecule has 5 heteroatoms. The van der Waals surface area contributed by atoms with Gasteiger partial charge in [-0.15, -0.1) is 0 Å². The monoisotopic (exact) mass is 288 g/mol. The van der Waals surface area contributed by atoms with Crippen LogP contribution in [-0.2, 0) is 17.8 Å². The molecule has 0 bridgehead atoms. The minimum Gasteiger partial charge on any atom is -0.354 e. The normalized spacial score (nSPS) is 17.0. The van der Waals surface area contributed by atoms with E-state index in [0.717, 1.165) is 19.4 Å². The zero-order valence-corrected chi connectivity index (χ0v) is 12.7. The Bertz CT molecular complexity index is 515. The number of carbonyl (C=O) groups excluding carboxylic acids is 1. The Hall–Kier alpha value is -1.80. The number of fused-ring (bicyclic) bond motifs is 1. The summed E-state index contributed by atoms with van der Waals surface area (Å²) in [6.45, 7) is 3.97. The van der Waals surface area contributed by atoms with E-state index in [1.54, 1.807) is 0 Å². The largest absolute Gasteiger partial charge is 0.354 e. The molecule has 1 unspecified atom stereocenters. The number of nitriles is 1. The maximum absolute atomic E-state index is 11.8. The van der Waals surface area contributed by atoms with Gasteiger partial charge >= 0.3 is 0 Å². The molecule has 1 aliphatic rings. The number of nitrogens with one attached hydrogen (secondary N) is 2. The van der Waals surface area contributed by atoms with Crippen LogP contribution in [0.25, 0.3) is 0 Å². The predicted octanol–water partition coefficient (Wildman–Crippen LogP) is 1.89. The first-order chi connectivity index (χ1) is 10.2. The molecule has 1 atom stereocenters. The van der Waals surface area contributed by atoms with Crippen LogP contribution < -0.4 is 10.6 Å². The maximum Gasteiger partial charge on any atom is 0.239 e. The lowest BCUT2D eigenvalue weighted by molar-refractivity contribution is -0.121.